The van der Waals surface area contributed by atoms with Gasteiger partial charge in [0, 0.05) is 11.3 Å². The Labute approximate surface area is 164 Å². The molecule has 2 N–H and O–H groups in total. The van der Waals surface area contributed by atoms with Gasteiger partial charge in [-0.1, -0.05) is 24.3 Å². The van der Waals surface area contributed by atoms with E-state index in [0.29, 0.717) is 16.8 Å². The molecule has 0 unspecified atom stereocenters. The van der Waals surface area contributed by atoms with Crippen molar-refractivity contribution in [3.63, 3.8) is 0 Å². The summed E-state index contributed by atoms with van der Waals surface area (Å²) >= 11 is 0. The van der Waals surface area contributed by atoms with Crippen molar-refractivity contribution in [1.29, 1.82) is 0 Å². The van der Waals surface area contributed by atoms with E-state index in [1.807, 2.05) is 18.2 Å². The van der Waals surface area contributed by atoms with Crippen molar-refractivity contribution in [1.82, 2.24) is 10.3 Å². The number of esters is 1. The fourth-order valence-electron chi connectivity index (χ4n) is 3.95. The highest BCUT2D eigenvalue weighted by Crippen LogP contribution is 2.29. The third-order valence-electron chi connectivity index (χ3n) is 5.33. The third-order valence-corrected chi connectivity index (χ3v) is 5.33. The van der Waals surface area contributed by atoms with Crippen molar-refractivity contribution in [3.05, 3.63) is 57.9 Å². The van der Waals surface area contributed by atoms with Crippen LogP contribution in [-0.4, -0.2) is 28.7 Å². The first-order valence-corrected chi connectivity index (χ1v) is 9.58. The number of nitrogens with one attached hydrogen (secondary N) is 2. The van der Waals surface area contributed by atoms with Gasteiger partial charge in [-0.3, -0.25) is 9.59 Å². The van der Waals surface area contributed by atoms with Crippen LogP contribution in [0.25, 0.3) is 0 Å². The maximum absolute atomic E-state index is 12.6. The Morgan fingerprint density at radius 3 is 2.61 bits per heavy atom. The number of fused-ring (bicyclic) bond motifs is 1. The van der Waals surface area contributed by atoms with Crippen LogP contribution in [0.2, 0.25) is 0 Å². The first-order valence-electron chi connectivity index (χ1n) is 9.58. The smallest absolute Gasteiger partial charge is 0.355 e. The highest BCUT2D eigenvalue weighted by Gasteiger charge is 2.27. The van der Waals surface area contributed by atoms with E-state index in [-0.39, 0.29) is 23.4 Å². The summed E-state index contributed by atoms with van der Waals surface area (Å²) in [6.07, 6.45) is 1.94. The van der Waals surface area contributed by atoms with Crippen LogP contribution in [0.4, 0.5) is 0 Å². The van der Waals surface area contributed by atoms with Crippen molar-refractivity contribution in [2.45, 2.75) is 59.1 Å². The van der Waals surface area contributed by atoms with Crippen molar-refractivity contribution in [2.75, 3.05) is 0 Å². The van der Waals surface area contributed by atoms with Gasteiger partial charge in [0.15, 0.2) is 11.9 Å². The van der Waals surface area contributed by atoms with Crippen molar-refractivity contribution in [2.24, 2.45) is 0 Å². The Kier molecular flexibility index (Phi) is 5.68. The normalized spacial score (nSPS) is 16.8. The summed E-state index contributed by atoms with van der Waals surface area (Å²) in [5.74, 6) is -1.09. The van der Waals surface area contributed by atoms with Gasteiger partial charge in [0.2, 0.25) is 0 Å². The van der Waals surface area contributed by atoms with E-state index < -0.39 is 12.1 Å². The molecule has 6 heteroatoms. The monoisotopic (exact) mass is 382 g/mol. The van der Waals surface area contributed by atoms with Crippen LogP contribution < -0.4 is 5.32 Å². The second-order valence-electron chi connectivity index (χ2n) is 7.38. The number of H-pyrrole nitrogens is 1. The van der Waals surface area contributed by atoms with Crippen molar-refractivity contribution >= 4 is 17.7 Å². The van der Waals surface area contributed by atoms with Gasteiger partial charge in [-0.25, -0.2) is 4.79 Å². The zero-order valence-corrected chi connectivity index (χ0v) is 16.7. The molecule has 2 atom stereocenters. The maximum atomic E-state index is 12.6. The lowest BCUT2D eigenvalue weighted by atomic mass is 9.87. The quantitative estimate of drug-likeness (QED) is 0.611. The molecule has 1 amide bonds. The molecule has 1 aromatic carbocycles. The minimum absolute atomic E-state index is 0.0719. The number of aryl methyl sites for hydroxylation is 2. The minimum Gasteiger partial charge on any atom is -0.448 e. The van der Waals surface area contributed by atoms with Gasteiger partial charge in [-0.05, 0) is 63.6 Å². The molecule has 0 saturated carbocycles. The number of carbonyl (C=O) groups is 3. The number of rotatable bonds is 5. The van der Waals surface area contributed by atoms with Crippen LogP contribution in [0.15, 0.2) is 24.3 Å². The predicted octanol–water partition coefficient (Wildman–Crippen LogP) is 3.57. The second kappa shape index (κ2) is 8.00. The molecule has 1 heterocycles. The number of hydrogen-bond donors (Lipinski definition) is 2. The molecule has 0 fully saturated rings. The van der Waals surface area contributed by atoms with E-state index in [9.17, 15) is 14.4 Å². The lowest BCUT2D eigenvalue weighted by Gasteiger charge is -2.27. The first kappa shape index (κ1) is 19.9. The lowest BCUT2D eigenvalue weighted by molar-refractivity contribution is -0.130. The van der Waals surface area contributed by atoms with Gasteiger partial charge in [-0.2, -0.15) is 0 Å². The Morgan fingerprint density at radius 1 is 1.21 bits per heavy atom. The molecule has 0 spiro atoms. The number of hydrogen-bond acceptors (Lipinski definition) is 4. The first-order chi connectivity index (χ1) is 13.3. The molecule has 0 bridgehead atoms. The summed E-state index contributed by atoms with van der Waals surface area (Å²) in [5, 5.41) is 3.00. The maximum Gasteiger partial charge on any atom is 0.355 e. The van der Waals surface area contributed by atoms with E-state index in [4.69, 9.17) is 4.74 Å². The number of Topliss-reactive ketones (excluding diaryl/α,β-unsaturated/α-hetero) is 1. The van der Waals surface area contributed by atoms with Crippen LogP contribution in [0.3, 0.4) is 0 Å². The Bertz CT molecular complexity index is 929. The number of ether oxygens (including phenoxy) is 1. The summed E-state index contributed by atoms with van der Waals surface area (Å²) < 4.78 is 5.36. The van der Waals surface area contributed by atoms with Gasteiger partial charge in [0.25, 0.3) is 5.91 Å². The molecule has 2 aromatic rings. The highest BCUT2D eigenvalue weighted by molar-refractivity contribution is 6.01. The molecule has 6 nitrogen and oxygen atoms in total. The highest BCUT2D eigenvalue weighted by atomic mass is 16.5. The molecular formula is C22H26N2O4. The van der Waals surface area contributed by atoms with E-state index in [1.165, 1.54) is 12.5 Å². The third kappa shape index (κ3) is 3.86. The number of amides is 1. The molecule has 1 aliphatic rings. The molecule has 1 aliphatic carbocycles. The SMILES string of the molecule is CC(=O)c1c(C)[nH]c(C(=O)O[C@@H](C)C(=O)N[C@@H]2CCCc3ccccc32)c1C. The fraction of sp³-hybridized carbons (Fsp3) is 0.409. The largest absolute Gasteiger partial charge is 0.448 e. The molecule has 148 valence electrons. The Morgan fingerprint density at radius 2 is 1.93 bits per heavy atom. The van der Waals surface area contributed by atoms with Gasteiger partial charge >= 0.3 is 5.97 Å². The second-order valence-corrected chi connectivity index (χ2v) is 7.38. The molecule has 28 heavy (non-hydrogen) atoms. The fourth-order valence-corrected chi connectivity index (χ4v) is 3.95. The van der Waals surface area contributed by atoms with Gasteiger partial charge in [-0.15, -0.1) is 0 Å². The predicted molar refractivity (Wildman–Crippen MR) is 105 cm³/mol. The van der Waals surface area contributed by atoms with E-state index in [2.05, 4.69) is 16.4 Å². The van der Waals surface area contributed by atoms with Gasteiger partial charge < -0.3 is 15.0 Å². The summed E-state index contributed by atoms with van der Waals surface area (Å²) in [6, 6.07) is 8.02. The average Bonchev–Trinajstić information content (AvgIpc) is 2.96. The number of benzene rings is 1. The summed E-state index contributed by atoms with van der Waals surface area (Å²) in [7, 11) is 0. The van der Waals surface area contributed by atoms with Gasteiger partial charge in [0.1, 0.15) is 5.69 Å². The molecular weight excluding hydrogens is 356 g/mol. The van der Waals surface area contributed by atoms with Crippen LogP contribution in [-0.2, 0) is 16.0 Å². The van der Waals surface area contributed by atoms with E-state index in [0.717, 1.165) is 24.8 Å². The lowest BCUT2D eigenvalue weighted by Crippen LogP contribution is -2.39. The molecule has 1 aromatic heterocycles. The van der Waals surface area contributed by atoms with Crippen molar-refractivity contribution in [3.8, 4) is 0 Å². The van der Waals surface area contributed by atoms with Crippen LogP contribution >= 0.6 is 0 Å². The number of aromatic amines is 1. The summed E-state index contributed by atoms with van der Waals surface area (Å²) in [6.45, 7) is 6.44. The Balaban J connectivity index is 1.68. The molecule has 0 saturated heterocycles. The standard InChI is InChI=1S/C22H26N2O4/c1-12-19(14(3)25)13(2)23-20(12)22(27)28-15(4)21(26)24-18-11-7-9-16-8-5-6-10-17(16)18/h5-6,8,10,15,18,23H,7,9,11H2,1-4H3,(H,24,26)/t15-,18+/m0/s1. The van der Waals surface area contributed by atoms with E-state index in [1.54, 1.807) is 20.8 Å². The van der Waals surface area contributed by atoms with E-state index >= 15 is 0 Å². The zero-order valence-electron chi connectivity index (χ0n) is 16.7. The number of carbonyl (C=O) groups excluding carboxylic acids is 3. The summed E-state index contributed by atoms with van der Waals surface area (Å²) in [4.78, 5) is 39.8. The number of aromatic nitrogens is 1. The Hall–Kier alpha value is -2.89. The topological polar surface area (TPSA) is 88.3 Å². The van der Waals surface area contributed by atoms with Crippen LogP contribution in [0.5, 0.6) is 0 Å². The molecule has 0 aliphatic heterocycles. The van der Waals surface area contributed by atoms with Crippen molar-refractivity contribution < 1.29 is 19.1 Å². The minimum atomic E-state index is -0.939. The van der Waals surface area contributed by atoms with Crippen LogP contribution in [0.1, 0.15) is 76.0 Å². The number of ketones is 1. The van der Waals surface area contributed by atoms with Crippen LogP contribution in [0, 0.1) is 13.8 Å². The zero-order chi connectivity index (χ0) is 20.4. The summed E-state index contributed by atoms with van der Waals surface area (Å²) in [5.41, 5.74) is 4.24. The van der Waals surface area contributed by atoms with Gasteiger partial charge in [0.05, 0.1) is 6.04 Å². The molecule has 0 radical (unpaired) electrons. The molecule has 3 rings (SSSR count). The average molecular weight is 382 g/mol.